The molecule has 0 radical (unpaired) electrons. The highest BCUT2D eigenvalue weighted by Gasteiger charge is 2.37. The number of carboxylic acid groups (broad SMARTS) is 1. The van der Waals surface area contributed by atoms with E-state index in [-0.39, 0.29) is 87.5 Å². The molecule has 0 aliphatic carbocycles. The number of hydrogen-bond donors (Lipinski definition) is 7. The lowest BCUT2D eigenvalue weighted by Gasteiger charge is -2.34. The summed E-state index contributed by atoms with van der Waals surface area (Å²) in [7, 11) is -4.22. The SMILES string of the molecule is Cc1c(C)c(S(=O)(=O)NC(N)=NCCC[C@H](NC(=O)CN2CCN(CC(=O)OC(C)(C)C)CCN(CC(N)=O)CCN(CC(=O)OC(C)(C)C)CC2)C(=O)NCCCCCNC(=O)c2ccc(C(=O)O)c3ccccc23)c(C)c2c1CC(C)(C)O2. The van der Waals surface area contributed by atoms with Crippen LogP contribution >= 0.6 is 0 Å². The third kappa shape index (κ3) is 21.8. The highest BCUT2D eigenvalue weighted by molar-refractivity contribution is 7.90. The number of benzene rings is 3. The van der Waals surface area contributed by atoms with Crippen LogP contribution in [-0.4, -0.2) is 202 Å². The van der Waals surface area contributed by atoms with Crippen molar-refractivity contribution >= 4 is 68.3 Å². The maximum Gasteiger partial charge on any atom is 0.336 e. The number of primary amides is 1. The zero-order chi connectivity index (χ0) is 63.0. The number of fused-ring (bicyclic) bond motifs is 2. The minimum atomic E-state index is -4.22. The van der Waals surface area contributed by atoms with Gasteiger partial charge in [-0.05, 0) is 142 Å². The molecule has 9 N–H and O–H groups in total. The van der Waals surface area contributed by atoms with Crippen molar-refractivity contribution in [3.05, 3.63) is 69.8 Å². The normalized spacial score (nSPS) is 16.4. The number of nitrogens with one attached hydrogen (secondary N) is 4. The summed E-state index contributed by atoms with van der Waals surface area (Å²) in [6.07, 6.45) is 2.62. The van der Waals surface area contributed by atoms with Gasteiger partial charge in [0.25, 0.3) is 15.9 Å². The van der Waals surface area contributed by atoms with E-state index in [4.69, 9.17) is 25.7 Å². The number of sulfonamides is 1. The number of carbonyl (C=O) groups excluding carboxylic acids is 6. The lowest BCUT2D eigenvalue weighted by molar-refractivity contribution is -0.157. The summed E-state index contributed by atoms with van der Waals surface area (Å²) in [6.45, 7) is 22.6. The predicted molar refractivity (Wildman–Crippen MR) is 324 cm³/mol. The Morgan fingerprint density at radius 2 is 1.18 bits per heavy atom. The number of hydrogen-bond acceptors (Lipinski definition) is 17. The number of esters is 2. The van der Waals surface area contributed by atoms with E-state index in [1.54, 1.807) is 79.7 Å². The fourth-order valence-electron chi connectivity index (χ4n) is 10.4. The molecule has 1 atom stereocenters. The molecule has 0 spiro atoms. The fraction of sp³-hybridized carbons (Fsp3) is 0.600. The van der Waals surface area contributed by atoms with Crippen LogP contribution in [-0.2, 0) is 49.9 Å². The molecular weight excluding hydrogens is 1110 g/mol. The Kier molecular flexibility index (Phi) is 24.6. The molecule has 1 saturated heterocycles. The van der Waals surface area contributed by atoms with E-state index < -0.39 is 68.5 Å². The molecule has 0 unspecified atom stereocenters. The van der Waals surface area contributed by atoms with E-state index in [1.807, 2.05) is 40.4 Å². The Morgan fingerprint density at radius 1 is 0.682 bits per heavy atom. The van der Waals surface area contributed by atoms with Gasteiger partial charge in [0.2, 0.25) is 23.7 Å². The molecule has 1 fully saturated rings. The van der Waals surface area contributed by atoms with Crippen LogP contribution in [0.3, 0.4) is 0 Å². The highest BCUT2D eigenvalue weighted by Crippen LogP contribution is 2.44. The van der Waals surface area contributed by atoms with Crippen LogP contribution in [0.5, 0.6) is 5.75 Å². The number of unbranched alkanes of at least 4 members (excludes halogenated alkanes) is 2. The molecule has 5 rings (SSSR count). The second-order valence-corrected chi connectivity index (χ2v) is 26.2. The van der Waals surface area contributed by atoms with Crippen LogP contribution in [0.1, 0.15) is 130 Å². The van der Waals surface area contributed by atoms with E-state index in [2.05, 4.69) is 25.7 Å². The molecule has 3 aromatic rings. The van der Waals surface area contributed by atoms with Gasteiger partial charge in [-0.15, -0.1) is 0 Å². The summed E-state index contributed by atoms with van der Waals surface area (Å²) in [5.74, 6) is -3.66. The van der Waals surface area contributed by atoms with E-state index in [9.17, 15) is 47.1 Å². The molecule has 4 amide bonds. The van der Waals surface area contributed by atoms with Crippen LogP contribution in [0.25, 0.3) is 10.8 Å². The van der Waals surface area contributed by atoms with Crippen molar-refractivity contribution in [1.29, 1.82) is 0 Å². The number of aromatic carboxylic acids is 1. The topological polar surface area (TPSA) is 327 Å². The first kappa shape index (κ1) is 68.8. The number of rotatable bonds is 24. The third-order valence-corrected chi connectivity index (χ3v) is 16.1. The molecule has 2 heterocycles. The monoisotopic (exact) mass is 1210 g/mol. The molecule has 2 aliphatic heterocycles. The van der Waals surface area contributed by atoms with Gasteiger partial charge in [-0.1, -0.05) is 24.3 Å². The predicted octanol–water partition coefficient (Wildman–Crippen LogP) is 3.14. The molecule has 0 saturated carbocycles. The lowest BCUT2D eigenvalue weighted by Crippen LogP contribution is -2.52. The second-order valence-electron chi connectivity index (χ2n) is 24.5. The van der Waals surface area contributed by atoms with Gasteiger partial charge in [0.05, 0.1) is 36.6 Å². The summed E-state index contributed by atoms with van der Waals surface area (Å²) >= 11 is 0. The summed E-state index contributed by atoms with van der Waals surface area (Å²) < 4.78 is 47.7. The quantitative estimate of drug-likeness (QED) is 0.0293. The Balaban J connectivity index is 1.29. The van der Waals surface area contributed by atoms with Crippen molar-refractivity contribution in [2.75, 3.05) is 98.2 Å². The molecule has 2 aliphatic rings. The average molecular weight is 1210 g/mol. The summed E-state index contributed by atoms with van der Waals surface area (Å²) in [5, 5.41) is 19.4. The number of nitrogens with two attached hydrogens (primary N) is 2. The number of carbonyl (C=O) groups is 7. The molecule has 470 valence electrons. The minimum Gasteiger partial charge on any atom is -0.487 e. The number of guanidine groups is 1. The van der Waals surface area contributed by atoms with Gasteiger partial charge >= 0.3 is 17.9 Å². The van der Waals surface area contributed by atoms with Gasteiger partial charge < -0.3 is 46.7 Å². The smallest absolute Gasteiger partial charge is 0.336 e. The Morgan fingerprint density at radius 3 is 1.69 bits per heavy atom. The lowest BCUT2D eigenvalue weighted by atomic mass is 9.93. The number of ether oxygens (including phenoxy) is 3. The van der Waals surface area contributed by atoms with Crippen molar-refractivity contribution in [3.63, 3.8) is 0 Å². The van der Waals surface area contributed by atoms with Gasteiger partial charge in [0.1, 0.15) is 28.6 Å². The zero-order valence-corrected chi connectivity index (χ0v) is 52.4. The summed E-state index contributed by atoms with van der Waals surface area (Å²) in [5.41, 5.74) is 13.1. The van der Waals surface area contributed by atoms with Gasteiger partial charge in [-0.2, -0.15) is 0 Å². The van der Waals surface area contributed by atoms with Crippen LogP contribution in [0.4, 0.5) is 0 Å². The van der Waals surface area contributed by atoms with Gasteiger partial charge in [-0.25, -0.2) is 17.9 Å². The first-order valence-corrected chi connectivity index (χ1v) is 30.6. The van der Waals surface area contributed by atoms with Crippen molar-refractivity contribution < 1.29 is 61.3 Å². The molecule has 3 aromatic carbocycles. The third-order valence-electron chi connectivity index (χ3n) is 14.4. The molecular formula is C60H91N11O13S. The van der Waals surface area contributed by atoms with Crippen LogP contribution < -0.4 is 36.9 Å². The maximum atomic E-state index is 14.3. The Labute approximate surface area is 500 Å². The summed E-state index contributed by atoms with van der Waals surface area (Å²) in [6, 6.07) is 8.66. The Hall–Kier alpha value is -6.93. The maximum absolute atomic E-state index is 14.3. The van der Waals surface area contributed by atoms with Crippen LogP contribution in [0.15, 0.2) is 46.3 Å². The van der Waals surface area contributed by atoms with Gasteiger partial charge in [0.15, 0.2) is 0 Å². The van der Waals surface area contributed by atoms with Crippen molar-refractivity contribution in [2.24, 2.45) is 16.5 Å². The van der Waals surface area contributed by atoms with E-state index >= 15 is 0 Å². The molecule has 24 nitrogen and oxygen atoms in total. The molecule has 0 aromatic heterocycles. The zero-order valence-electron chi connectivity index (χ0n) is 51.5. The largest absolute Gasteiger partial charge is 0.487 e. The van der Waals surface area contributed by atoms with Crippen LogP contribution in [0, 0.1) is 20.8 Å². The summed E-state index contributed by atoms with van der Waals surface area (Å²) in [4.78, 5) is 104. The molecule has 25 heteroatoms. The first-order valence-electron chi connectivity index (χ1n) is 29.1. The Bertz CT molecular complexity index is 3000. The fourth-order valence-corrected chi connectivity index (χ4v) is 11.9. The average Bonchev–Trinajstić information content (AvgIpc) is 2.02. The van der Waals surface area contributed by atoms with Crippen molar-refractivity contribution in [1.82, 2.24) is 40.3 Å². The number of carboxylic acids is 1. The first-order chi connectivity index (χ1) is 39.7. The van der Waals surface area contributed by atoms with Gasteiger partial charge in [0, 0.05) is 95.1 Å². The van der Waals surface area contributed by atoms with E-state index in [0.29, 0.717) is 105 Å². The molecule has 0 bridgehead atoms. The standard InChI is InChI=1S/C60H91N11O13S/c1-39-40(2)53(41(3)52-46(39)34-60(10,11)84-52)85(80,81)67-57(62)65-25-17-20-47(55(77)64-24-16-12-15-23-63-54(76)44-21-22-45(56(78)79)43-19-14-13-18-42(43)44)66-49(73)36-69-28-32-70(37-50(74)82-58(4,5)6)30-26-68(35-48(61)72)27-31-71(33-29-69)38-51(75)83-59(7,8)9/h13-14,18-19,21-22,47H,12,15-17,20,23-38H2,1-11H3,(H2,61,72)(H,63,76)(H,64,77)(H,66,73)(H,78,79)(H3,62,65,67)/t47-/m0/s1. The number of aliphatic imine (C=N–C) groups is 1. The number of nitrogens with zero attached hydrogens (tertiary/aromatic N) is 5. The highest BCUT2D eigenvalue weighted by atomic mass is 32.2. The molecule has 85 heavy (non-hydrogen) atoms. The van der Waals surface area contributed by atoms with Crippen molar-refractivity contribution in [2.45, 2.75) is 142 Å². The van der Waals surface area contributed by atoms with Crippen LogP contribution in [0.2, 0.25) is 0 Å². The number of amides is 4. The van der Waals surface area contributed by atoms with Gasteiger partial charge in [-0.3, -0.25) is 53.4 Å². The minimum absolute atomic E-state index is 0.0122. The van der Waals surface area contributed by atoms with Crippen molar-refractivity contribution in [3.8, 4) is 5.75 Å². The second kappa shape index (κ2) is 30.4. The van der Waals surface area contributed by atoms with E-state index in [1.165, 1.54) is 12.1 Å². The van der Waals surface area contributed by atoms with E-state index in [0.717, 1.165) is 11.1 Å².